The van der Waals surface area contributed by atoms with E-state index in [2.05, 4.69) is 59.6 Å². The lowest BCUT2D eigenvalue weighted by molar-refractivity contribution is -0.120. The van der Waals surface area contributed by atoms with Gasteiger partial charge in [-0.1, -0.05) is 48.1 Å². The molecule has 0 unspecified atom stereocenters. The van der Waals surface area contributed by atoms with Crippen LogP contribution in [-0.2, 0) is 16.1 Å². The monoisotopic (exact) mass is 446 g/mol. The fourth-order valence-electron chi connectivity index (χ4n) is 4.20. The van der Waals surface area contributed by atoms with Gasteiger partial charge in [0, 0.05) is 25.3 Å². The van der Waals surface area contributed by atoms with Crippen LogP contribution in [0.5, 0.6) is 0 Å². The molecule has 1 amide bonds. The Morgan fingerprint density at radius 1 is 1.09 bits per heavy atom. The molecule has 1 saturated heterocycles. The summed E-state index contributed by atoms with van der Waals surface area (Å²) >= 11 is 0. The summed E-state index contributed by atoms with van der Waals surface area (Å²) in [6.07, 6.45) is 8.63. The number of halogens is 1. The highest BCUT2D eigenvalue weighted by atomic mass is 19.1. The molecule has 0 aromatic heterocycles. The zero-order valence-corrected chi connectivity index (χ0v) is 19.1. The summed E-state index contributed by atoms with van der Waals surface area (Å²) in [5, 5.41) is 2.91. The van der Waals surface area contributed by atoms with Crippen LogP contribution in [0.1, 0.15) is 37.3 Å². The Morgan fingerprint density at radius 2 is 1.88 bits per heavy atom. The first-order valence-corrected chi connectivity index (χ1v) is 11.6. The van der Waals surface area contributed by atoms with Crippen molar-refractivity contribution in [2.45, 2.75) is 32.7 Å². The minimum Gasteiger partial charge on any atom is -0.378 e. The molecule has 172 valence electrons. The third-order valence-corrected chi connectivity index (χ3v) is 6.20. The van der Waals surface area contributed by atoms with Crippen molar-refractivity contribution >= 4 is 17.2 Å². The van der Waals surface area contributed by atoms with Crippen molar-refractivity contribution in [3.05, 3.63) is 94.8 Å². The molecule has 2 aliphatic rings. The van der Waals surface area contributed by atoms with Crippen molar-refractivity contribution in [3.63, 3.8) is 0 Å². The number of morpholine rings is 1. The number of amides is 1. The van der Waals surface area contributed by atoms with E-state index in [0.29, 0.717) is 13.0 Å². The Kier molecular flexibility index (Phi) is 7.74. The van der Waals surface area contributed by atoms with Crippen LogP contribution >= 0.6 is 0 Å². The Hall–Kier alpha value is -3.18. The third-order valence-electron chi connectivity index (χ3n) is 6.20. The molecule has 0 radical (unpaired) electrons. The molecule has 5 heteroatoms. The topological polar surface area (TPSA) is 41.6 Å². The van der Waals surface area contributed by atoms with E-state index < -0.39 is 0 Å². The quantitative estimate of drug-likeness (QED) is 0.644. The van der Waals surface area contributed by atoms with E-state index in [1.54, 1.807) is 6.07 Å². The highest BCUT2D eigenvalue weighted by molar-refractivity contribution is 5.81. The van der Waals surface area contributed by atoms with E-state index in [0.717, 1.165) is 50.3 Å². The summed E-state index contributed by atoms with van der Waals surface area (Å²) in [6, 6.07) is 15.0. The lowest BCUT2D eigenvalue weighted by Crippen LogP contribution is -2.36. The van der Waals surface area contributed by atoms with Gasteiger partial charge in [0.05, 0.1) is 19.6 Å². The third kappa shape index (κ3) is 6.42. The Balaban J connectivity index is 1.39. The van der Waals surface area contributed by atoms with Crippen LogP contribution in [0.3, 0.4) is 0 Å². The van der Waals surface area contributed by atoms with Gasteiger partial charge in [-0.3, -0.25) is 4.79 Å². The van der Waals surface area contributed by atoms with Gasteiger partial charge in [-0.25, -0.2) is 4.39 Å². The average Bonchev–Trinajstić information content (AvgIpc) is 2.83. The average molecular weight is 447 g/mol. The Bertz CT molecular complexity index is 1060. The van der Waals surface area contributed by atoms with Crippen molar-refractivity contribution < 1.29 is 13.9 Å². The van der Waals surface area contributed by atoms with Gasteiger partial charge < -0.3 is 15.0 Å². The second kappa shape index (κ2) is 11.1. The number of carbonyl (C=O) groups excluding carboxylic acids is 1. The van der Waals surface area contributed by atoms with E-state index in [-0.39, 0.29) is 11.7 Å². The summed E-state index contributed by atoms with van der Waals surface area (Å²) in [5.74, 6) is -0.347. The maximum Gasteiger partial charge on any atom is 0.224 e. The first-order valence-electron chi connectivity index (χ1n) is 11.6. The number of nitrogens with zero attached hydrogens (tertiary/aromatic N) is 1. The lowest BCUT2D eigenvalue weighted by Gasteiger charge is -2.29. The summed E-state index contributed by atoms with van der Waals surface area (Å²) in [4.78, 5) is 14.9. The number of allylic oxidation sites excluding steroid dienone is 5. The lowest BCUT2D eigenvalue weighted by atomic mass is 9.94. The van der Waals surface area contributed by atoms with Crippen molar-refractivity contribution in [2.24, 2.45) is 0 Å². The second-order valence-corrected chi connectivity index (χ2v) is 8.57. The van der Waals surface area contributed by atoms with Crippen molar-refractivity contribution in [3.8, 4) is 0 Å². The molecule has 1 fully saturated rings. The van der Waals surface area contributed by atoms with Gasteiger partial charge in [0.15, 0.2) is 0 Å². The van der Waals surface area contributed by atoms with Gasteiger partial charge in [0.25, 0.3) is 0 Å². The number of nitrogens with one attached hydrogen (secondary N) is 1. The maximum absolute atomic E-state index is 13.4. The number of hydrogen-bond donors (Lipinski definition) is 1. The molecule has 2 aromatic carbocycles. The van der Waals surface area contributed by atoms with Crippen molar-refractivity contribution in [1.82, 2.24) is 5.32 Å². The fourth-order valence-corrected chi connectivity index (χ4v) is 4.20. The van der Waals surface area contributed by atoms with Crippen LogP contribution < -0.4 is 10.2 Å². The first-order chi connectivity index (χ1) is 16.1. The highest BCUT2D eigenvalue weighted by Gasteiger charge is 2.12. The molecule has 1 N–H and O–H groups in total. The Labute approximate surface area is 195 Å². The Morgan fingerprint density at radius 3 is 2.64 bits per heavy atom. The van der Waals surface area contributed by atoms with Crippen LogP contribution in [0.4, 0.5) is 10.1 Å². The predicted octanol–water partition coefficient (Wildman–Crippen LogP) is 5.42. The SMILES string of the molecule is CC1=C(CC(=O)NCc2cccc(F)c2)C=CC(c2ccc(N3CCOCC3)cc2)=CCC1. The highest BCUT2D eigenvalue weighted by Crippen LogP contribution is 2.27. The summed E-state index contributed by atoms with van der Waals surface area (Å²) in [7, 11) is 0. The zero-order valence-electron chi connectivity index (χ0n) is 19.1. The molecule has 4 rings (SSSR count). The molecule has 33 heavy (non-hydrogen) atoms. The fraction of sp³-hybridized carbons (Fsp3) is 0.321. The molecule has 0 atom stereocenters. The molecule has 2 aromatic rings. The standard InChI is InChI=1S/C28H31FN2O2/c1-21-4-2-6-23(24-10-12-27(13-11-24)31-14-16-33-17-15-31)8-9-25(21)19-28(32)30-20-22-5-3-7-26(29)18-22/h3,5-13,18H,2,4,14-17,19-20H2,1H3,(H,30,32). The van der Waals surface area contributed by atoms with E-state index >= 15 is 0 Å². The number of anilines is 1. The van der Waals surface area contributed by atoms with Crippen LogP contribution in [0.15, 0.2) is 77.9 Å². The first kappa shape index (κ1) is 23.0. The van der Waals surface area contributed by atoms with Crippen LogP contribution in [0.2, 0.25) is 0 Å². The van der Waals surface area contributed by atoms with Crippen LogP contribution in [0, 0.1) is 5.82 Å². The number of ether oxygens (including phenoxy) is 1. The minimum atomic E-state index is -0.291. The smallest absolute Gasteiger partial charge is 0.224 e. The molecule has 0 spiro atoms. The van der Waals surface area contributed by atoms with Crippen LogP contribution in [-0.4, -0.2) is 32.2 Å². The molecule has 1 aliphatic heterocycles. The number of rotatable bonds is 6. The van der Waals surface area contributed by atoms with Gasteiger partial charge in [-0.15, -0.1) is 0 Å². The van der Waals surface area contributed by atoms with Gasteiger partial charge in [-0.05, 0) is 66.3 Å². The molecule has 0 saturated carbocycles. The van der Waals surface area contributed by atoms with E-state index in [4.69, 9.17) is 4.74 Å². The van der Waals surface area contributed by atoms with Crippen molar-refractivity contribution in [2.75, 3.05) is 31.2 Å². The van der Waals surface area contributed by atoms with E-state index in [1.165, 1.54) is 34.5 Å². The number of hydrogen-bond acceptors (Lipinski definition) is 3. The van der Waals surface area contributed by atoms with Crippen LogP contribution in [0.25, 0.3) is 5.57 Å². The van der Waals surface area contributed by atoms with Gasteiger partial charge >= 0.3 is 0 Å². The minimum absolute atomic E-state index is 0.0563. The van der Waals surface area contributed by atoms with E-state index in [1.807, 2.05) is 6.07 Å². The second-order valence-electron chi connectivity index (χ2n) is 8.57. The number of carbonyl (C=O) groups is 1. The van der Waals surface area contributed by atoms with Gasteiger partial charge in [0.1, 0.15) is 5.82 Å². The molecular weight excluding hydrogens is 415 g/mol. The molecule has 4 nitrogen and oxygen atoms in total. The molecule has 1 aliphatic carbocycles. The van der Waals surface area contributed by atoms with Gasteiger partial charge in [0.2, 0.25) is 5.91 Å². The maximum atomic E-state index is 13.4. The summed E-state index contributed by atoms with van der Waals surface area (Å²) in [6.45, 7) is 5.83. The molecular formula is C28H31FN2O2. The molecule has 1 heterocycles. The largest absolute Gasteiger partial charge is 0.378 e. The summed E-state index contributed by atoms with van der Waals surface area (Å²) < 4.78 is 18.8. The van der Waals surface area contributed by atoms with E-state index in [9.17, 15) is 9.18 Å². The normalized spacial score (nSPS) is 16.8. The zero-order chi connectivity index (χ0) is 23.0. The number of benzene rings is 2. The predicted molar refractivity (Wildman–Crippen MR) is 131 cm³/mol. The summed E-state index contributed by atoms with van der Waals surface area (Å²) in [5.41, 5.74) is 6.61. The van der Waals surface area contributed by atoms with Gasteiger partial charge in [-0.2, -0.15) is 0 Å². The molecule has 0 bridgehead atoms. The van der Waals surface area contributed by atoms with Crippen molar-refractivity contribution in [1.29, 1.82) is 0 Å².